The summed E-state index contributed by atoms with van der Waals surface area (Å²) < 4.78 is 24.6. The van der Waals surface area contributed by atoms with E-state index in [0.717, 1.165) is 5.56 Å². The van der Waals surface area contributed by atoms with Gasteiger partial charge < -0.3 is 15.2 Å². The van der Waals surface area contributed by atoms with Crippen molar-refractivity contribution in [1.82, 2.24) is 0 Å². The van der Waals surface area contributed by atoms with E-state index in [1.165, 1.54) is 12.1 Å². The molecule has 1 heterocycles. The fourth-order valence-electron chi connectivity index (χ4n) is 2.38. The topological polar surface area (TPSA) is 68.3 Å². The lowest BCUT2D eigenvalue weighted by Crippen LogP contribution is -2.23. The van der Waals surface area contributed by atoms with Gasteiger partial charge in [0.25, 0.3) is 0 Å². The Hall–Kier alpha value is -2.56. The van der Waals surface area contributed by atoms with E-state index in [4.69, 9.17) is 20.6 Å². The second-order valence-corrected chi connectivity index (χ2v) is 4.92. The minimum atomic E-state index is -0.263. The van der Waals surface area contributed by atoms with Gasteiger partial charge in [0.15, 0.2) is 0 Å². The Morgan fingerprint density at radius 3 is 2.95 bits per heavy atom. The highest BCUT2D eigenvalue weighted by molar-refractivity contribution is 5.97. The molecule has 21 heavy (non-hydrogen) atoms. The van der Waals surface area contributed by atoms with E-state index in [1.807, 2.05) is 6.07 Å². The van der Waals surface area contributed by atoms with Gasteiger partial charge in [-0.25, -0.2) is 4.39 Å². The summed E-state index contributed by atoms with van der Waals surface area (Å²) >= 11 is 0. The molecule has 0 aliphatic carbocycles. The third-order valence-electron chi connectivity index (χ3n) is 3.37. The largest absolute Gasteiger partial charge is 0.489 e. The van der Waals surface area contributed by atoms with Crippen LogP contribution in [0.3, 0.4) is 0 Å². The molecular formula is C16H15FN2O2. The molecule has 1 atom stereocenters. The molecule has 3 rings (SSSR count). The Balaban J connectivity index is 1.67. The smallest absolute Gasteiger partial charge is 0.137 e. The molecule has 0 saturated carbocycles. The van der Waals surface area contributed by atoms with Crippen LogP contribution in [0, 0.1) is 11.2 Å². The van der Waals surface area contributed by atoms with Crippen molar-refractivity contribution < 1.29 is 13.9 Å². The lowest BCUT2D eigenvalue weighted by atomic mass is 10.1. The summed E-state index contributed by atoms with van der Waals surface area (Å²) in [6, 6.07) is 11.6. The van der Waals surface area contributed by atoms with Crippen LogP contribution in [0.5, 0.6) is 11.5 Å². The molecule has 1 aliphatic rings. The molecule has 2 aromatic rings. The van der Waals surface area contributed by atoms with Gasteiger partial charge in [-0.3, -0.25) is 5.41 Å². The van der Waals surface area contributed by atoms with Crippen molar-refractivity contribution in [1.29, 1.82) is 5.41 Å². The van der Waals surface area contributed by atoms with Crippen molar-refractivity contribution >= 4 is 5.84 Å². The van der Waals surface area contributed by atoms with Gasteiger partial charge in [-0.2, -0.15) is 0 Å². The number of nitrogens with two attached hydrogens (primary N) is 1. The molecule has 0 aromatic heterocycles. The van der Waals surface area contributed by atoms with E-state index < -0.39 is 0 Å². The third-order valence-corrected chi connectivity index (χ3v) is 3.37. The van der Waals surface area contributed by atoms with Crippen LogP contribution >= 0.6 is 0 Å². The summed E-state index contributed by atoms with van der Waals surface area (Å²) in [5.74, 6) is 0.949. The summed E-state index contributed by atoms with van der Waals surface area (Å²) in [5.41, 5.74) is 6.92. The maximum atomic E-state index is 13.2. The van der Waals surface area contributed by atoms with E-state index in [1.54, 1.807) is 24.3 Å². The number of benzene rings is 2. The fourth-order valence-corrected chi connectivity index (χ4v) is 2.38. The number of hydrogen-bond acceptors (Lipinski definition) is 3. The molecule has 3 N–H and O–H groups in total. The summed E-state index contributed by atoms with van der Waals surface area (Å²) in [4.78, 5) is 0. The predicted octanol–water partition coefficient (Wildman–Crippen LogP) is 2.49. The number of nitrogens with one attached hydrogen (secondary N) is 1. The van der Waals surface area contributed by atoms with Crippen molar-refractivity contribution in [2.45, 2.75) is 12.5 Å². The zero-order chi connectivity index (χ0) is 14.8. The van der Waals surface area contributed by atoms with Gasteiger partial charge >= 0.3 is 0 Å². The average Bonchev–Trinajstić information content (AvgIpc) is 2.87. The Labute approximate surface area is 121 Å². The molecule has 108 valence electrons. The number of hydrogen-bond donors (Lipinski definition) is 2. The van der Waals surface area contributed by atoms with Crippen LogP contribution in [0.15, 0.2) is 42.5 Å². The van der Waals surface area contributed by atoms with Gasteiger partial charge in [-0.05, 0) is 30.3 Å². The summed E-state index contributed by atoms with van der Waals surface area (Å²) in [6.07, 6.45) is 0.441. The van der Waals surface area contributed by atoms with Crippen LogP contribution in [0.4, 0.5) is 4.39 Å². The fraction of sp³-hybridized carbons (Fsp3) is 0.188. The minimum absolute atomic E-state index is 0.0386. The lowest BCUT2D eigenvalue weighted by molar-refractivity contribution is 0.148. The van der Waals surface area contributed by atoms with Gasteiger partial charge in [0.1, 0.15) is 35.9 Å². The molecule has 4 nitrogen and oxygen atoms in total. The zero-order valence-corrected chi connectivity index (χ0v) is 11.3. The molecule has 2 aromatic carbocycles. The number of nitrogen functional groups attached to an aromatic ring is 1. The molecule has 1 aliphatic heterocycles. The van der Waals surface area contributed by atoms with Gasteiger partial charge in [0, 0.05) is 12.0 Å². The number of para-hydroxylation sites is 1. The lowest BCUT2D eigenvalue weighted by Gasteiger charge is -2.14. The maximum absolute atomic E-state index is 13.2. The number of amidine groups is 1. The molecular weight excluding hydrogens is 271 g/mol. The van der Waals surface area contributed by atoms with Crippen molar-refractivity contribution in [3.8, 4) is 11.5 Å². The quantitative estimate of drug-likeness (QED) is 0.670. The summed E-state index contributed by atoms with van der Waals surface area (Å²) in [5, 5.41) is 7.52. The first-order valence-electron chi connectivity index (χ1n) is 6.65. The molecule has 0 fully saturated rings. The van der Waals surface area contributed by atoms with Crippen molar-refractivity contribution in [3.05, 3.63) is 59.4 Å². The standard InChI is InChI=1S/C16H15FN2O2/c17-11-5-6-14-10(7-11)8-12(21-14)9-20-15-4-2-1-3-13(15)16(18)19/h1-7,12H,8-9H2,(H3,18,19). The molecule has 0 saturated heterocycles. The van der Waals surface area contributed by atoms with Crippen LogP contribution in [-0.2, 0) is 6.42 Å². The van der Waals surface area contributed by atoms with E-state index >= 15 is 0 Å². The van der Waals surface area contributed by atoms with Crippen LogP contribution < -0.4 is 15.2 Å². The highest BCUT2D eigenvalue weighted by Crippen LogP contribution is 2.29. The van der Waals surface area contributed by atoms with Crippen molar-refractivity contribution in [2.24, 2.45) is 5.73 Å². The maximum Gasteiger partial charge on any atom is 0.137 e. The van der Waals surface area contributed by atoms with Crippen molar-refractivity contribution in [2.75, 3.05) is 6.61 Å². The van der Waals surface area contributed by atoms with Gasteiger partial charge in [0.05, 0.1) is 5.56 Å². The molecule has 1 unspecified atom stereocenters. The van der Waals surface area contributed by atoms with Crippen LogP contribution in [0.25, 0.3) is 0 Å². The monoisotopic (exact) mass is 286 g/mol. The van der Waals surface area contributed by atoms with E-state index in [0.29, 0.717) is 30.1 Å². The molecule has 0 radical (unpaired) electrons. The Bertz CT molecular complexity index is 688. The normalized spacial score (nSPS) is 16.1. The zero-order valence-electron chi connectivity index (χ0n) is 11.3. The minimum Gasteiger partial charge on any atom is -0.489 e. The van der Waals surface area contributed by atoms with Gasteiger partial charge in [-0.1, -0.05) is 12.1 Å². The van der Waals surface area contributed by atoms with Gasteiger partial charge in [-0.15, -0.1) is 0 Å². The van der Waals surface area contributed by atoms with Crippen molar-refractivity contribution in [3.63, 3.8) is 0 Å². The van der Waals surface area contributed by atoms with Crippen LogP contribution in [0.2, 0.25) is 0 Å². The van der Waals surface area contributed by atoms with E-state index in [2.05, 4.69) is 0 Å². The number of rotatable bonds is 4. The van der Waals surface area contributed by atoms with Crippen LogP contribution in [-0.4, -0.2) is 18.5 Å². The van der Waals surface area contributed by atoms with E-state index in [9.17, 15) is 4.39 Å². The first kappa shape index (κ1) is 13.4. The first-order chi connectivity index (χ1) is 10.1. The number of fused-ring (bicyclic) bond motifs is 1. The Morgan fingerprint density at radius 2 is 2.14 bits per heavy atom. The molecule has 0 spiro atoms. The van der Waals surface area contributed by atoms with Gasteiger partial charge in [0.2, 0.25) is 0 Å². The SMILES string of the molecule is N=C(N)c1ccccc1OCC1Cc2cc(F)ccc2O1. The first-order valence-corrected chi connectivity index (χ1v) is 6.65. The third kappa shape index (κ3) is 2.81. The average molecular weight is 286 g/mol. The molecule has 0 bridgehead atoms. The summed E-state index contributed by atoms with van der Waals surface area (Å²) in [6.45, 7) is 0.320. The number of halogens is 1. The Kier molecular flexibility index (Phi) is 3.48. The van der Waals surface area contributed by atoms with Crippen LogP contribution in [0.1, 0.15) is 11.1 Å². The molecule has 5 heteroatoms. The Morgan fingerprint density at radius 1 is 1.33 bits per heavy atom. The second-order valence-electron chi connectivity index (χ2n) is 4.92. The predicted molar refractivity (Wildman–Crippen MR) is 77.5 cm³/mol. The van der Waals surface area contributed by atoms with E-state index in [-0.39, 0.29) is 17.8 Å². The second kappa shape index (κ2) is 5.44. The molecule has 0 amide bonds. The highest BCUT2D eigenvalue weighted by atomic mass is 19.1. The summed E-state index contributed by atoms with van der Waals surface area (Å²) in [7, 11) is 0. The highest BCUT2D eigenvalue weighted by Gasteiger charge is 2.24. The number of ether oxygens (including phenoxy) is 2.